The standard InChI is InChI=1S/C69H35N11/c70-36-42-29-49(38-72)65(50(30-42)39-73)47-24-27-62-56(34-47)57-35-48(66-51(40-74)31-43(37-71)32-52(66)41-75)25-28-63(57)80(62)64-26-23-46(53-17-7-10-20-59(53)79-60-21-11-8-18-54(60)55-19-9-12-22-61(55)79)33-58(64)69-77-67(44-13-3-1-4-14-44)76-68(78-69)45-15-5-2-6-16-45/h1-35H. The van der Waals surface area contributed by atoms with Gasteiger partial charge in [-0.05, 0) is 95.6 Å². The fraction of sp³-hybridized carbons (Fsp3) is 0. The number of rotatable bonds is 8. The van der Waals surface area contributed by atoms with E-state index in [1.807, 2.05) is 103 Å². The third-order valence-corrected chi connectivity index (χ3v) is 14.6. The lowest BCUT2D eigenvalue weighted by Gasteiger charge is -2.18. The Kier molecular flexibility index (Phi) is 11.5. The van der Waals surface area contributed by atoms with Gasteiger partial charge in [-0.3, -0.25) is 0 Å². The summed E-state index contributed by atoms with van der Waals surface area (Å²) in [5.74, 6) is 1.35. The smallest absolute Gasteiger partial charge is 0.166 e. The molecular formula is C69H35N11. The Balaban J connectivity index is 1.13. The van der Waals surface area contributed by atoms with Crippen molar-refractivity contribution in [2.24, 2.45) is 0 Å². The summed E-state index contributed by atoms with van der Waals surface area (Å²) in [5.41, 5.74) is 12.3. The molecule has 0 fully saturated rings. The van der Waals surface area contributed by atoms with Gasteiger partial charge in [-0.2, -0.15) is 31.6 Å². The molecule has 13 aromatic rings. The minimum absolute atomic E-state index is 0.164. The van der Waals surface area contributed by atoms with Crippen LogP contribution in [0.4, 0.5) is 0 Å². The fourth-order valence-electron chi connectivity index (χ4n) is 11.1. The average Bonchev–Trinajstić information content (AvgIpc) is 4.23. The number of hydrogen-bond acceptors (Lipinski definition) is 9. The number of fused-ring (bicyclic) bond motifs is 6. The van der Waals surface area contributed by atoms with Gasteiger partial charge in [0.15, 0.2) is 17.5 Å². The maximum atomic E-state index is 10.5. The minimum atomic E-state index is 0.164. The van der Waals surface area contributed by atoms with Crippen LogP contribution < -0.4 is 0 Å². The van der Waals surface area contributed by atoms with Gasteiger partial charge in [-0.1, -0.05) is 133 Å². The Labute approximate surface area is 458 Å². The van der Waals surface area contributed by atoms with Crippen LogP contribution in [0.3, 0.4) is 0 Å². The molecule has 3 aromatic heterocycles. The number of nitrogens with zero attached hydrogens (tertiary/aromatic N) is 11. The molecule has 80 heavy (non-hydrogen) atoms. The van der Waals surface area contributed by atoms with Crippen LogP contribution in [0.2, 0.25) is 0 Å². The van der Waals surface area contributed by atoms with Gasteiger partial charge in [0.1, 0.15) is 0 Å². The highest BCUT2D eigenvalue weighted by Crippen LogP contribution is 2.44. The molecule has 0 bridgehead atoms. The van der Waals surface area contributed by atoms with E-state index in [0.29, 0.717) is 61.8 Å². The Morgan fingerprint density at radius 2 is 0.662 bits per heavy atom. The first-order valence-corrected chi connectivity index (χ1v) is 25.4. The van der Waals surface area contributed by atoms with Crippen molar-refractivity contribution in [2.75, 3.05) is 0 Å². The molecule has 10 aromatic carbocycles. The second-order valence-electron chi connectivity index (χ2n) is 19.0. The van der Waals surface area contributed by atoms with Crippen molar-refractivity contribution in [1.82, 2.24) is 24.1 Å². The Morgan fingerprint density at radius 3 is 1.12 bits per heavy atom. The molecule has 0 amide bonds. The number of para-hydroxylation sites is 3. The fourth-order valence-corrected chi connectivity index (χ4v) is 11.1. The summed E-state index contributed by atoms with van der Waals surface area (Å²) in [6.45, 7) is 0. The molecule has 0 atom stereocenters. The molecule has 0 spiro atoms. The lowest BCUT2D eigenvalue weighted by Crippen LogP contribution is -2.04. The highest BCUT2D eigenvalue weighted by atomic mass is 15.1. The van der Waals surface area contributed by atoms with E-state index in [1.165, 1.54) is 24.3 Å². The Morgan fingerprint density at radius 1 is 0.275 bits per heavy atom. The van der Waals surface area contributed by atoms with Crippen molar-refractivity contribution >= 4 is 43.6 Å². The zero-order valence-electron chi connectivity index (χ0n) is 42.1. The van der Waals surface area contributed by atoms with Crippen molar-refractivity contribution in [3.05, 3.63) is 246 Å². The third-order valence-electron chi connectivity index (χ3n) is 14.6. The van der Waals surface area contributed by atoms with Crippen molar-refractivity contribution in [1.29, 1.82) is 31.6 Å². The van der Waals surface area contributed by atoms with Crippen LogP contribution in [0.25, 0.3) is 123 Å². The van der Waals surface area contributed by atoms with E-state index >= 15 is 0 Å². The van der Waals surface area contributed by atoms with Crippen LogP contribution in [-0.4, -0.2) is 24.1 Å². The molecule has 0 aliphatic carbocycles. The number of nitriles is 6. The topological polar surface area (TPSA) is 191 Å². The molecule has 11 nitrogen and oxygen atoms in total. The molecule has 0 N–H and O–H groups in total. The second-order valence-corrected chi connectivity index (χ2v) is 19.0. The second kappa shape index (κ2) is 19.5. The highest BCUT2D eigenvalue weighted by Gasteiger charge is 2.25. The average molecular weight is 1020 g/mol. The molecule has 3 heterocycles. The number of benzene rings is 10. The lowest BCUT2D eigenvalue weighted by atomic mass is 9.91. The van der Waals surface area contributed by atoms with E-state index in [0.717, 1.165) is 60.8 Å². The van der Waals surface area contributed by atoms with Gasteiger partial charge in [-0.15, -0.1) is 0 Å². The van der Waals surface area contributed by atoms with E-state index in [2.05, 4.69) is 130 Å². The molecule has 0 saturated heterocycles. The summed E-state index contributed by atoms with van der Waals surface area (Å²) in [4.78, 5) is 15.7. The van der Waals surface area contributed by atoms with E-state index in [9.17, 15) is 31.6 Å². The van der Waals surface area contributed by atoms with Crippen LogP contribution in [0.5, 0.6) is 0 Å². The summed E-state index contributed by atoms with van der Waals surface area (Å²) >= 11 is 0. The molecular weight excluding hydrogens is 983 g/mol. The quantitative estimate of drug-likeness (QED) is 0.142. The monoisotopic (exact) mass is 1020 g/mol. The SMILES string of the molecule is N#Cc1cc(C#N)c(-c2ccc3c(c2)c2cc(-c4c(C#N)cc(C#N)cc4C#N)ccc2n3-c2ccc(-c3ccccc3-n3c4ccccc4c4ccccc43)cc2-c2nc(-c3ccccc3)nc(-c3ccccc3)n2)c(C#N)c1. The molecule has 13 rings (SSSR count). The third kappa shape index (κ3) is 7.82. The van der Waals surface area contributed by atoms with Crippen molar-refractivity contribution in [3.63, 3.8) is 0 Å². The first-order valence-electron chi connectivity index (χ1n) is 25.4. The van der Waals surface area contributed by atoms with Crippen LogP contribution in [0.15, 0.2) is 212 Å². The summed E-state index contributed by atoms with van der Waals surface area (Å²) in [7, 11) is 0. The van der Waals surface area contributed by atoms with Crippen LogP contribution in [-0.2, 0) is 0 Å². The van der Waals surface area contributed by atoms with Crippen molar-refractivity contribution < 1.29 is 0 Å². The van der Waals surface area contributed by atoms with Gasteiger partial charge in [0, 0.05) is 54.9 Å². The molecule has 0 aliphatic heterocycles. The summed E-state index contributed by atoms with van der Waals surface area (Å²) < 4.78 is 4.45. The predicted octanol–water partition coefficient (Wildman–Crippen LogP) is 15.3. The van der Waals surface area contributed by atoms with E-state index in [4.69, 9.17) is 15.0 Å². The van der Waals surface area contributed by atoms with Crippen molar-refractivity contribution in [3.8, 4) is 115 Å². The van der Waals surface area contributed by atoms with Gasteiger partial charge in [0.05, 0.1) is 103 Å². The van der Waals surface area contributed by atoms with Gasteiger partial charge >= 0.3 is 0 Å². The van der Waals surface area contributed by atoms with Gasteiger partial charge in [0.2, 0.25) is 0 Å². The van der Waals surface area contributed by atoms with Crippen LogP contribution in [0, 0.1) is 68.0 Å². The van der Waals surface area contributed by atoms with Crippen LogP contribution >= 0.6 is 0 Å². The van der Waals surface area contributed by atoms with E-state index in [1.54, 1.807) is 0 Å². The Bertz CT molecular complexity index is 4690. The highest BCUT2D eigenvalue weighted by molar-refractivity contribution is 6.13. The lowest BCUT2D eigenvalue weighted by molar-refractivity contribution is 1.06. The maximum absolute atomic E-state index is 10.5. The first-order chi connectivity index (χ1) is 39.4. The molecule has 0 radical (unpaired) electrons. The molecule has 0 saturated carbocycles. The normalized spacial score (nSPS) is 10.9. The van der Waals surface area contributed by atoms with Gasteiger partial charge in [0.25, 0.3) is 0 Å². The number of hydrogen-bond donors (Lipinski definition) is 0. The van der Waals surface area contributed by atoms with E-state index < -0.39 is 0 Å². The molecule has 366 valence electrons. The Hall–Kier alpha value is -12.3. The molecule has 0 aliphatic rings. The summed E-state index contributed by atoms with van der Waals surface area (Å²) in [6, 6.07) is 81.6. The predicted molar refractivity (Wildman–Crippen MR) is 309 cm³/mol. The summed E-state index contributed by atoms with van der Waals surface area (Å²) in [5, 5.41) is 65.3. The minimum Gasteiger partial charge on any atom is -0.309 e. The van der Waals surface area contributed by atoms with Gasteiger partial charge in [-0.25, -0.2) is 15.0 Å². The van der Waals surface area contributed by atoms with Crippen molar-refractivity contribution in [2.45, 2.75) is 0 Å². The molecule has 11 heteroatoms. The first kappa shape index (κ1) is 47.5. The summed E-state index contributed by atoms with van der Waals surface area (Å²) in [6.07, 6.45) is 0. The number of aromatic nitrogens is 5. The van der Waals surface area contributed by atoms with E-state index in [-0.39, 0.29) is 33.4 Å². The molecule has 0 unspecified atom stereocenters. The zero-order valence-corrected chi connectivity index (χ0v) is 42.1. The largest absolute Gasteiger partial charge is 0.309 e. The zero-order chi connectivity index (χ0) is 54.4. The maximum Gasteiger partial charge on any atom is 0.166 e. The van der Waals surface area contributed by atoms with Gasteiger partial charge < -0.3 is 9.13 Å². The van der Waals surface area contributed by atoms with Crippen LogP contribution in [0.1, 0.15) is 33.4 Å².